The Bertz CT molecular complexity index is 1060. The fourth-order valence-electron chi connectivity index (χ4n) is 2.80. The van der Waals surface area contributed by atoms with Crippen LogP contribution < -0.4 is 11.1 Å². The standard InChI is InChI=1S/C18H19FN4O3S2/c1-18(5-6-27-17(20)23-18)11-7-13(9-14(8-11)28(2,25)26)22-16(24)15-4-3-12(19)10-21-15/h3-4,7-10H,5-6H2,1-2H3,(H2,20,23)(H,22,24). The SMILES string of the molecule is CC1(c2cc(NC(=O)c3ccc(F)cn3)cc(S(C)(=O)=O)c2)CCSC(N)=N1. The molecular formula is C18H19FN4O3S2. The van der Waals surface area contributed by atoms with Crippen LogP contribution in [0.1, 0.15) is 29.4 Å². The molecule has 1 aromatic heterocycles. The zero-order chi connectivity index (χ0) is 20.5. The number of benzene rings is 1. The second kappa shape index (κ2) is 7.51. The predicted octanol–water partition coefficient (Wildman–Crippen LogP) is 2.54. The average Bonchev–Trinajstić information content (AvgIpc) is 2.61. The molecule has 1 aliphatic rings. The Kier molecular flexibility index (Phi) is 5.44. The number of nitrogens with two attached hydrogens (primary N) is 1. The summed E-state index contributed by atoms with van der Waals surface area (Å²) in [5.41, 5.74) is 6.08. The van der Waals surface area contributed by atoms with E-state index >= 15 is 0 Å². The van der Waals surface area contributed by atoms with Gasteiger partial charge in [-0.1, -0.05) is 11.8 Å². The summed E-state index contributed by atoms with van der Waals surface area (Å²) in [5.74, 6) is -0.392. The molecule has 2 heterocycles. The first-order chi connectivity index (χ1) is 13.1. The molecule has 0 saturated heterocycles. The Hall–Kier alpha value is -2.46. The van der Waals surface area contributed by atoms with Gasteiger partial charge in [0.2, 0.25) is 0 Å². The van der Waals surface area contributed by atoms with Crippen molar-refractivity contribution in [3.63, 3.8) is 0 Å². The molecule has 0 aliphatic carbocycles. The van der Waals surface area contributed by atoms with Gasteiger partial charge in [-0.05, 0) is 49.2 Å². The maximum absolute atomic E-state index is 13.0. The van der Waals surface area contributed by atoms with Crippen molar-refractivity contribution in [2.45, 2.75) is 23.8 Å². The number of sulfone groups is 1. The van der Waals surface area contributed by atoms with Gasteiger partial charge in [-0.3, -0.25) is 9.79 Å². The van der Waals surface area contributed by atoms with Crippen LogP contribution in [0.4, 0.5) is 10.1 Å². The fraction of sp³-hybridized carbons (Fsp3) is 0.278. The van der Waals surface area contributed by atoms with Gasteiger partial charge in [-0.25, -0.2) is 17.8 Å². The van der Waals surface area contributed by atoms with Crippen LogP contribution in [0.15, 0.2) is 46.4 Å². The van der Waals surface area contributed by atoms with E-state index in [0.29, 0.717) is 17.2 Å². The third-order valence-corrected chi connectivity index (χ3v) is 6.26. The minimum Gasteiger partial charge on any atom is -0.379 e. The molecule has 7 nitrogen and oxygen atoms in total. The Morgan fingerprint density at radius 2 is 2.07 bits per heavy atom. The largest absolute Gasteiger partial charge is 0.379 e. The molecule has 0 bridgehead atoms. The number of halogens is 1. The highest BCUT2D eigenvalue weighted by atomic mass is 32.2. The second-order valence-electron chi connectivity index (χ2n) is 6.66. The van der Waals surface area contributed by atoms with E-state index in [1.807, 2.05) is 6.92 Å². The third-order valence-electron chi connectivity index (χ3n) is 4.37. The van der Waals surface area contributed by atoms with Crippen molar-refractivity contribution < 1.29 is 17.6 Å². The summed E-state index contributed by atoms with van der Waals surface area (Å²) in [4.78, 5) is 20.7. The van der Waals surface area contributed by atoms with Crippen molar-refractivity contribution in [2.24, 2.45) is 10.7 Å². The van der Waals surface area contributed by atoms with Crippen molar-refractivity contribution in [3.05, 3.63) is 53.6 Å². The molecule has 0 spiro atoms. The number of aromatic nitrogens is 1. The Morgan fingerprint density at radius 1 is 1.32 bits per heavy atom. The summed E-state index contributed by atoms with van der Waals surface area (Å²) in [6.45, 7) is 1.87. The van der Waals surface area contributed by atoms with E-state index in [0.717, 1.165) is 24.3 Å². The number of carbonyl (C=O) groups is 1. The molecule has 148 valence electrons. The summed E-state index contributed by atoms with van der Waals surface area (Å²) in [5, 5.41) is 3.06. The fourth-order valence-corrected chi connectivity index (χ4v) is 4.45. The van der Waals surface area contributed by atoms with E-state index in [1.54, 1.807) is 12.1 Å². The number of thioether (sulfide) groups is 1. The van der Waals surface area contributed by atoms with Crippen LogP contribution in [0, 0.1) is 5.82 Å². The molecular weight excluding hydrogens is 403 g/mol. The van der Waals surface area contributed by atoms with Gasteiger partial charge in [0.15, 0.2) is 15.0 Å². The van der Waals surface area contributed by atoms with Crippen molar-refractivity contribution in [1.29, 1.82) is 0 Å². The molecule has 3 N–H and O–H groups in total. The molecule has 1 amide bonds. The molecule has 3 rings (SSSR count). The van der Waals surface area contributed by atoms with Gasteiger partial charge in [0.1, 0.15) is 11.5 Å². The van der Waals surface area contributed by atoms with Crippen LogP contribution in [0.25, 0.3) is 0 Å². The van der Waals surface area contributed by atoms with Gasteiger partial charge in [0.05, 0.1) is 16.6 Å². The first kappa shape index (κ1) is 20.3. The molecule has 0 radical (unpaired) electrons. The molecule has 0 saturated carbocycles. The quantitative estimate of drug-likeness (QED) is 0.783. The van der Waals surface area contributed by atoms with Crippen LogP contribution in [0.3, 0.4) is 0 Å². The number of carbonyl (C=O) groups excluding carboxylic acids is 1. The summed E-state index contributed by atoms with van der Waals surface area (Å²) in [6, 6.07) is 6.96. The van der Waals surface area contributed by atoms with Crippen molar-refractivity contribution in [2.75, 3.05) is 17.3 Å². The van der Waals surface area contributed by atoms with E-state index in [4.69, 9.17) is 5.73 Å². The van der Waals surface area contributed by atoms with Crippen LogP contribution in [-0.2, 0) is 15.4 Å². The molecule has 10 heteroatoms. The smallest absolute Gasteiger partial charge is 0.274 e. The van der Waals surface area contributed by atoms with E-state index in [1.165, 1.54) is 23.9 Å². The number of rotatable bonds is 4. The number of anilines is 1. The lowest BCUT2D eigenvalue weighted by atomic mass is 9.89. The number of aliphatic imine (C=N–C) groups is 1. The first-order valence-corrected chi connectivity index (χ1v) is 11.2. The highest BCUT2D eigenvalue weighted by Crippen LogP contribution is 2.37. The van der Waals surface area contributed by atoms with Gasteiger partial charge >= 0.3 is 0 Å². The predicted molar refractivity (Wildman–Crippen MR) is 108 cm³/mol. The second-order valence-corrected chi connectivity index (χ2v) is 9.79. The molecule has 0 fully saturated rings. The van der Waals surface area contributed by atoms with Crippen LogP contribution in [0.2, 0.25) is 0 Å². The van der Waals surface area contributed by atoms with Crippen LogP contribution >= 0.6 is 11.8 Å². The van der Waals surface area contributed by atoms with Crippen molar-refractivity contribution in [1.82, 2.24) is 4.98 Å². The lowest BCUT2D eigenvalue weighted by molar-refractivity contribution is 0.102. The number of amides is 1. The summed E-state index contributed by atoms with van der Waals surface area (Å²) in [7, 11) is -3.53. The topological polar surface area (TPSA) is 115 Å². The Balaban J connectivity index is 2.02. The molecule has 28 heavy (non-hydrogen) atoms. The van der Waals surface area contributed by atoms with Crippen molar-refractivity contribution in [3.8, 4) is 0 Å². The molecule has 1 aliphatic heterocycles. The van der Waals surface area contributed by atoms with Gasteiger partial charge in [0, 0.05) is 17.7 Å². The molecule has 2 aromatic rings. The van der Waals surface area contributed by atoms with E-state index in [-0.39, 0.29) is 16.3 Å². The number of nitrogens with one attached hydrogen (secondary N) is 1. The number of hydrogen-bond acceptors (Lipinski definition) is 7. The summed E-state index contributed by atoms with van der Waals surface area (Å²) < 4.78 is 37.3. The lowest BCUT2D eigenvalue weighted by Crippen LogP contribution is -2.29. The molecule has 1 atom stereocenters. The zero-order valence-electron chi connectivity index (χ0n) is 15.3. The highest BCUT2D eigenvalue weighted by Gasteiger charge is 2.31. The van der Waals surface area contributed by atoms with Gasteiger partial charge in [-0.2, -0.15) is 0 Å². The maximum Gasteiger partial charge on any atom is 0.274 e. The van der Waals surface area contributed by atoms with Crippen molar-refractivity contribution >= 4 is 38.4 Å². The number of hydrogen-bond donors (Lipinski definition) is 2. The number of amidine groups is 1. The molecule has 1 aromatic carbocycles. The van der Waals surface area contributed by atoms with Crippen LogP contribution in [0.5, 0.6) is 0 Å². The van der Waals surface area contributed by atoms with E-state index in [2.05, 4.69) is 15.3 Å². The molecule has 1 unspecified atom stereocenters. The summed E-state index contributed by atoms with van der Waals surface area (Å²) in [6.07, 6.45) is 2.69. The normalized spacial score (nSPS) is 19.8. The maximum atomic E-state index is 13.0. The minimum atomic E-state index is -3.53. The zero-order valence-corrected chi connectivity index (χ0v) is 16.9. The van der Waals surface area contributed by atoms with Crippen LogP contribution in [-0.4, -0.2) is 36.5 Å². The lowest BCUT2D eigenvalue weighted by Gasteiger charge is -2.30. The van der Waals surface area contributed by atoms with Gasteiger partial charge in [0.25, 0.3) is 5.91 Å². The van der Waals surface area contributed by atoms with Gasteiger partial charge < -0.3 is 11.1 Å². The Morgan fingerprint density at radius 3 is 2.68 bits per heavy atom. The van der Waals surface area contributed by atoms with E-state index in [9.17, 15) is 17.6 Å². The summed E-state index contributed by atoms with van der Waals surface area (Å²) >= 11 is 1.44. The average molecular weight is 423 g/mol. The number of nitrogens with zero attached hydrogens (tertiary/aromatic N) is 2. The third kappa shape index (κ3) is 4.50. The minimum absolute atomic E-state index is 0.00949. The van der Waals surface area contributed by atoms with Gasteiger partial charge in [-0.15, -0.1) is 0 Å². The monoisotopic (exact) mass is 422 g/mol. The number of pyridine rings is 1. The Labute approximate surface area is 166 Å². The first-order valence-electron chi connectivity index (χ1n) is 8.33. The highest BCUT2D eigenvalue weighted by molar-refractivity contribution is 8.13. The van der Waals surface area contributed by atoms with E-state index < -0.39 is 27.1 Å².